The van der Waals surface area contributed by atoms with E-state index in [4.69, 9.17) is 4.74 Å². The van der Waals surface area contributed by atoms with Gasteiger partial charge in [0.25, 0.3) is 0 Å². The SMILES string of the molecule is COc1ccc2c(c1)[C@]13CCCC[C@@H]1[C@H]1CC1(C2)C3. The van der Waals surface area contributed by atoms with Crippen molar-refractivity contribution in [3.8, 4) is 5.75 Å². The van der Waals surface area contributed by atoms with E-state index in [9.17, 15) is 0 Å². The summed E-state index contributed by atoms with van der Waals surface area (Å²) in [5.74, 6) is 3.12. The summed E-state index contributed by atoms with van der Waals surface area (Å²) in [6, 6.07) is 6.92. The van der Waals surface area contributed by atoms with Crippen LogP contribution >= 0.6 is 0 Å². The van der Waals surface area contributed by atoms with E-state index in [1.54, 1.807) is 18.2 Å². The summed E-state index contributed by atoms with van der Waals surface area (Å²) in [7, 11) is 1.80. The van der Waals surface area contributed by atoms with Crippen molar-refractivity contribution in [3.63, 3.8) is 0 Å². The molecule has 0 radical (unpaired) electrons. The van der Waals surface area contributed by atoms with Gasteiger partial charge in [0.2, 0.25) is 0 Å². The molecule has 3 saturated carbocycles. The Morgan fingerprint density at radius 2 is 2.16 bits per heavy atom. The zero-order valence-corrected chi connectivity index (χ0v) is 11.7. The predicted molar refractivity (Wildman–Crippen MR) is 75.5 cm³/mol. The number of hydrogen-bond donors (Lipinski definition) is 0. The number of ether oxygens (including phenoxy) is 1. The summed E-state index contributed by atoms with van der Waals surface area (Å²) >= 11 is 0. The van der Waals surface area contributed by atoms with Gasteiger partial charge in [0.1, 0.15) is 5.75 Å². The number of methoxy groups -OCH3 is 1. The molecule has 1 aromatic carbocycles. The van der Waals surface area contributed by atoms with Crippen molar-refractivity contribution in [1.82, 2.24) is 0 Å². The smallest absolute Gasteiger partial charge is 0.119 e. The van der Waals surface area contributed by atoms with Crippen LogP contribution in [-0.2, 0) is 11.8 Å². The second kappa shape index (κ2) is 3.19. The monoisotopic (exact) mass is 254 g/mol. The second-order valence-corrected chi connectivity index (χ2v) is 7.56. The molecule has 4 atom stereocenters. The highest BCUT2D eigenvalue weighted by Gasteiger charge is 2.72. The van der Waals surface area contributed by atoms with Gasteiger partial charge in [-0.25, -0.2) is 0 Å². The van der Waals surface area contributed by atoms with E-state index in [2.05, 4.69) is 18.2 Å². The third kappa shape index (κ3) is 1.14. The minimum Gasteiger partial charge on any atom is -0.497 e. The third-order valence-corrected chi connectivity index (χ3v) is 6.90. The molecule has 0 N–H and O–H groups in total. The molecule has 0 aliphatic heterocycles. The molecule has 0 saturated heterocycles. The molecule has 0 heterocycles. The Hall–Kier alpha value is -0.980. The summed E-state index contributed by atoms with van der Waals surface area (Å²) in [5, 5.41) is 0. The first-order chi connectivity index (χ1) is 9.27. The van der Waals surface area contributed by atoms with Crippen LogP contribution in [0, 0.1) is 17.3 Å². The zero-order valence-electron chi connectivity index (χ0n) is 11.7. The van der Waals surface area contributed by atoms with Gasteiger partial charge < -0.3 is 4.74 Å². The Kier molecular flexibility index (Phi) is 1.81. The maximum Gasteiger partial charge on any atom is 0.119 e. The molecule has 2 bridgehead atoms. The Labute approximate surface area is 115 Å². The Morgan fingerprint density at radius 3 is 3.05 bits per heavy atom. The lowest BCUT2D eigenvalue weighted by molar-refractivity contribution is 0.177. The van der Waals surface area contributed by atoms with Crippen LogP contribution in [0.4, 0.5) is 0 Å². The average Bonchev–Trinajstić information content (AvgIpc) is 3.06. The van der Waals surface area contributed by atoms with Crippen LogP contribution in [0.2, 0.25) is 0 Å². The van der Waals surface area contributed by atoms with Crippen LogP contribution in [0.3, 0.4) is 0 Å². The summed E-state index contributed by atoms with van der Waals surface area (Å²) in [6.45, 7) is 0. The normalized spacial score (nSPS) is 45.1. The van der Waals surface area contributed by atoms with E-state index >= 15 is 0 Å². The van der Waals surface area contributed by atoms with Crippen molar-refractivity contribution in [2.75, 3.05) is 7.11 Å². The number of rotatable bonds is 1. The Morgan fingerprint density at radius 1 is 1.21 bits per heavy atom. The van der Waals surface area contributed by atoms with Crippen molar-refractivity contribution >= 4 is 0 Å². The van der Waals surface area contributed by atoms with E-state index in [-0.39, 0.29) is 0 Å². The van der Waals surface area contributed by atoms with Crippen LogP contribution < -0.4 is 4.74 Å². The molecule has 1 unspecified atom stereocenters. The largest absolute Gasteiger partial charge is 0.497 e. The standard InChI is InChI=1S/C18H22O/c1-19-13-6-5-12-9-17-10-16(17)14-4-2-3-7-18(14,11-17)15(12)8-13/h5-6,8,14,16H,2-4,7,9-11H2,1H3/t14-,16-,17?,18+/m1/s1. The minimum absolute atomic E-state index is 0.545. The first kappa shape index (κ1) is 10.8. The molecular weight excluding hydrogens is 232 g/mol. The molecule has 5 rings (SSSR count). The lowest BCUT2D eigenvalue weighted by Gasteiger charge is -2.46. The van der Waals surface area contributed by atoms with Crippen molar-refractivity contribution in [1.29, 1.82) is 0 Å². The van der Waals surface area contributed by atoms with E-state index in [0.29, 0.717) is 5.41 Å². The topological polar surface area (TPSA) is 9.23 Å². The van der Waals surface area contributed by atoms with Crippen LogP contribution in [0.25, 0.3) is 0 Å². The minimum atomic E-state index is 0.545. The molecule has 100 valence electrons. The molecule has 3 fully saturated rings. The lowest BCUT2D eigenvalue weighted by Crippen LogP contribution is -2.39. The first-order valence-electron chi connectivity index (χ1n) is 7.95. The molecule has 2 spiro atoms. The molecular formula is C18H22O. The van der Waals surface area contributed by atoms with Crippen LogP contribution in [-0.4, -0.2) is 7.11 Å². The molecule has 0 amide bonds. The molecule has 4 aliphatic carbocycles. The van der Waals surface area contributed by atoms with Crippen molar-refractivity contribution in [2.24, 2.45) is 17.3 Å². The van der Waals surface area contributed by atoms with Gasteiger partial charge in [0.05, 0.1) is 7.11 Å². The summed E-state index contributed by atoms with van der Waals surface area (Å²) in [6.07, 6.45) is 10.2. The first-order valence-corrected chi connectivity index (χ1v) is 7.95. The molecule has 4 aliphatic rings. The van der Waals surface area contributed by atoms with E-state index in [1.807, 2.05) is 0 Å². The summed E-state index contributed by atoms with van der Waals surface area (Å²) < 4.78 is 5.50. The Bertz CT molecular complexity index is 563. The summed E-state index contributed by atoms with van der Waals surface area (Å²) in [5.41, 5.74) is 4.60. The van der Waals surface area contributed by atoms with Gasteiger partial charge in [-0.1, -0.05) is 18.9 Å². The maximum absolute atomic E-state index is 5.50. The van der Waals surface area contributed by atoms with Gasteiger partial charge in [-0.05, 0) is 78.0 Å². The van der Waals surface area contributed by atoms with Crippen LogP contribution in [0.15, 0.2) is 18.2 Å². The molecule has 1 nitrogen and oxygen atoms in total. The van der Waals surface area contributed by atoms with Crippen LogP contribution in [0.1, 0.15) is 49.7 Å². The number of hydrogen-bond acceptors (Lipinski definition) is 1. The molecule has 1 heteroatoms. The van der Waals surface area contributed by atoms with Gasteiger partial charge in [-0.2, -0.15) is 0 Å². The van der Waals surface area contributed by atoms with Crippen LogP contribution in [0.5, 0.6) is 5.75 Å². The predicted octanol–water partition coefficient (Wildman–Crippen LogP) is 4.09. The second-order valence-electron chi connectivity index (χ2n) is 7.56. The highest BCUT2D eigenvalue weighted by molar-refractivity contribution is 5.49. The molecule has 0 aromatic heterocycles. The van der Waals surface area contributed by atoms with Gasteiger partial charge in [-0.3, -0.25) is 0 Å². The lowest BCUT2D eigenvalue weighted by atomic mass is 9.58. The highest BCUT2D eigenvalue weighted by atomic mass is 16.5. The van der Waals surface area contributed by atoms with Crippen molar-refractivity contribution in [3.05, 3.63) is 29.3 Å². The fraction of sp³-hybridized carbons (Fsp3) is 0.667. The number of fused-ring (bicyclic) bond motifs is 2. The van der Waals surface area contributed by atoms with Gasteiger partial charge in [0, 0.05) is 0 Å². The maximum atomic E-state index is 5.50. The summed E-state index contributed by atoms with van der Waals surface area (Å²) in [4.78, 5) is 0. The van der Waals surface area contributed by atoms with Crippen molar-refractivity contribution < 1.29 is 4.74 Å². The van der Waals surface area contributed by atoms with E-state index < -0.39 is 0 Å². The number of benzene rings is 1. The van der Waals surface area contributed by atoms with E-state index in [1.165, 1.54) is 44.9 Å². The fourth-order valence-corrected chi connectivity index (χ4v) is 6.23. The third-order valence-electron chi connectivity index (χ3n) is 6.90. The van der Waals surface area contributed by atoms with Gasteiger partial charge in [-0.15, -0.1) is 0 Å². The highest BCUT2D eigenvalue weighted by Crippen LogP contribution is 2.78. The Balaban J connectivity index is 1.73. The van der Waals surface area contributed by atoms with Crippen molar-refractivity contribution in [2.45, 2.75) is 50.4 Å². The van der Waals surface area contributed by atoms with Gasteiger partial charge >= 0.3 is 0 Å². The zero-order chi connectivity index (χ0) is 12.7. The molecule has 19 heavy (non-hydrogen) atoms. The van der Waals surface area contributed by atoms with Gasteiger partial charge in [0.15, 0.2) is 0 Å². The van der Waals surface area contributed by atoms with E-state index in [0.717, 1.165) is 23.0 Å². The average molecular weight is 254 g/mol. The fourth-order valence-electron chi connectivity index (χ4n) is 6.23. The molecule has 1 aromatic rings. The quantitative estimate of drug-likeness (QED) is 0.733.